The molecule has 0 aromatic heterocycles. The number of halogens is 1. The predicted octanol–water partition coefficient (Wildman–Crippen LogP) is 4.27. The van der Waals surface area contributed by atoms with E-state index in [9.17, 15) is 9.90 Å². The molecule has 1 fully saturated rings. The van der Waals surface area contributed by atoms with Crippen molar-refractivity contribution in [2.24, 2.45) is 4.99 Å². The van der Waals surface area contributed by atoms with Crippen LogP contribution < -0.4 is 9.64 Å². The summed E-state index contributed by atoms with van der Waals surface area (Å²) >= 11 is 7.64. The number of rotatable bonds is 8. The molecule has 0 bridgehead atoms. The zero-order chi connectivity index (χ0) is 22.4. The topological polar surface area (TPSA) is 82.4 Å². The summed E-state index contributed by atoms with van der Waals surface area (Å²) in [5.41, 5.74) is 2.57. The van der Waals surface area contributed by atoms with E-state index >= 15 is 0 Å². The Bertz CT molecular complexity index is 1010. The van der Waals surface area contributed by atoms with Gasteiger partial charge in [0.1, 0.15) is 18.5 Å². The van der Waals surface area contributed by atoms with Crippen LogP contribution in [-0.2, 0) is 4.79 Å². The first kappa shape index (κ1) is 23.3. The van der Waals surface area contributed by atoms with E-state index in [1.165, 1.54) is 11.8 Å². The zero-order valence-corrected chi connectivity index (χ0v) is 19.0. The molecule has 1 aliphatic rings. The standard InChI is InChI=1S/C23H25ClN2O4S/c1-3-10-25-23-26(19-7-5-4-6-15(19)2)22(29)21(31-23)12-16-8-9-20(18(24)11-16)30-14-17(28)13-27/h4-9,11-12,17,27-28H,3,10,13-14H2,1-2H3/b21-12+,25-23?. The van der Waals surface area contributed by atoms with Crippen LogP contribution in [0.15, 0.2) is 52.4 Å². The number of anilines is 1. The summed E-state index contributed by atoms with van der Waals surface area (Å²) in [5, 5.41) is 19.3. The van der Waals surface area contributed by atoms with Gasteiger partial charge >= 0.3 is 0 Å². The second-order valence-electron chi connectivity index (χ2n) is 7.04. The van der Waals surface area contributed by atoms with Crippen LogP contribution in [0.2, 0.25) is 5.02 Å². The minimum atomic E-state index is -0.973. The van der Waals surface area contributed by atoms with Crippen LogP contribution in [0.5, 0.6) is 5.75 Å². The molecule has 2 aromatic rings. The molecule has 6 nitrogen and oxygen atoms in total. The molecule has 164 valence electrons. The van der Waals surface area contributed by atoms with Gasteiger partial charge in [0, 0.05) is 6.54 Å². The number of aliphatic hydroxyl groups is 2. The predicted molar refractivity (Wildman–Crippen MR) is 127 cm³/mol. The summed E-state index contributed by atoms with van der Waals surface area (Å²) < 4.78 is 5.42. The fourth-order valence-corrected chi connectivity index (χ4v) is 4.17. The molecule has 0 aliphatic carbocycles. The van der Waals surface area contributed by atoms with Crippen molar-refractivity contribution in [1.29, 1.82) is 0 Å². The maximum Gasteiger partial charge on any atom is 0.271 e. The summed E-state index contributed by atoms with van der Waals surface area (Å²) in [6.45, 7) is 4.21. The number of aryl methyl sites for hydroxylation is 1. The molecule has 1 saturated heterocycles. The molecule has 0 spiro atoms. The molecule has 0 saturated carbocycles. The lowest BCUT2D eigenvalue weighted by atomic mass is 10.1. The maximum atomic E-state index is 13.2. The van der Waals surface area contributed by atoms with Gasteiger partial charge in [-0.15, -0.1) is 0 Å². The second-order valence-corrected chi connectivity index (χ2v) is 8.46. The van der Waals surface area contributed by atoms with Gasteiger partial charge in [-0.1, -0.05) is 42.8 Å². The van der Waals surface area contributed by atoms with Gasteiger partial charge in [-0.3, -0.25) is 14.7 Å². The highest BCUT2D eigenvalue weighted by atomic mass is 35.5. The first-order valence-corrected chi connectivity index (χ1v) is 11.2. The van der Waals surface area contributed by atoms with Crippen molar-refractivity contribution in [3.63, 3.8) is 0 Å². The average Bonchev–Trinajstić information content (AvgIpc) is 3.06. The average molecular weight is 461 g/mol. The molecule has 1 aliphatic heterocycles. The van der Waals surface area contributed by atoms with E-state index in [1.54, 1.807) is 29.2 Å². The molecule has 2 N–H and O–H groups in total. The van der Waals surface area contributed by atoms with Crippen LogP contribution in [0.1, 0.15) is 24.5 Å². The molecule has 8 heteroatoms. The van der Waals surface area contributed by atoms with Crippen LogP contribution in [0, 0.1) is 6.92 Å². The summed E-state index contributed by atoms with van der Waals surface area (Å²) in [4.78, 5) is 20.1. The smallest absolute Gasteiger partial charge is 0.271 e. The minimum Gasteiger partial charge on any atom is -0.489 e. The normalized spacial score (nSPS) is 17.6. The van der Waals surface area contributed by atoms with Crippen molar-refractivity contribution in [3.05, 3.63) is 63.5 Å². The van der Waals surface area contributed by atoms with Gasteiger partial charge in [-0.2, -0.15) is 0 Å². The lowest BCUT2D eigenvalue weighted by Crippen LogP contribution is -2.29. The Morgan fingerprint density at radius 2 is 2.06 bits per heavy atom. The lowest BCUT2D eigenvalue weighted by Gasteiger charge is -2.18. The summed E-state index contributed by atoms with van der Waals surface area (Å²) in [6.07, 6.45) is 1.70. The number of para-hydroxylation sites is 1. The third kappa shape index (κ3) is 5.68. The first-order chi connectivity index (χ1) is 14.9. The number of amides is 1. The first-order valence-electron chi connectivity index (χ1n) is 10.00. The van der Waals surface area contributed by atoms with E-state index in [1.807, 2.05) is 38.1 Å². The molecule has 1 heterocycles. The third-order valence-corrected chi connectivity index (χ3v) is 5.83. The maximum absolute atomic E-state index is 13.2. The number of thioether (sulfide) groups is 1. The number of ether oxygens (including phenoxy) is 1. The van der Waals surface area contributed by atoms with Gasteiger partial charge in [0.25, 0.3) is 5.91 Å². The van der Waals surface area contributed by atoms with Gasteiger partial charge in [0.2, 0.25) is 0 Å². The van der Waals surface area contributed by atoms with Gasteiger partial charge < -0.3 is 14.9 Å². The summed E-state index contributed by atoms with van der Waals surface area (Å²) in [7, 11) is 0. The Morgan fingerprint density at radius 1 is 1.29 bits per heavy atom. The van der Waals surface area contributed by atoms with Crippen molar-refractivity contribution in [2.45, 2.75) is 26.4 Å². The second kappa shape index (κ2) is 10.8. The highest BCUT2D eigenvalue weighted by molar-refractivity contribution is 8.19. The highest BCUT2D eigenvalue weighted by Crippen LogP contribution is 2.38. The van der Waals surface area contributed by atoms with Crippen LogP contribution >= 0.6 is 23.4 Å². The number of carbonyl (C=O) groups excluding carboxylic acids is 1. The van der Waals surface area contributed by atoms with E-state index in [2.05, 4.69) is 4.99 Å². The van der Waals surface area contributed by atoms with Crippen molar-refractivity contribution in [1.82, 2.24) is 0 Å². The molecular weight excluding hydrogens is 436 g/mol. The van der Waals surface area contributed by atoms with Gasteiger partial charge in [0.15, 0.2) is 5.17 Å². The number of carbonyl (C=O) groups is 1. The van der Waals surface area contributed by atoms with E-state index in [0.29, 0.717) is 27.4 Å². The summed E-state index contributed by atoms with van der Waals surface area (Å²) in [6, 6.07) is 12.9. The number of amidine groups is 1. The monoisotopic (exact) mass is 460 g/mol. The number of aliphatic hydroxyl groups excluding tert-OH is 2. The Kier molecular flexibility index (Phi) is 8.15. The fraction of sp³-hybridized carbons (Fsp3) is 0.304. The lowest BCUT2D eigenvalue weighted by molar-refractivity contribution is -0.113. The minimum absolute atomic E-state index is 0.0619. The highest BCUT2D eigenvalue weighted by Gasteiger charge is 2.35. The Balaban J connectivity index is 1.88. The van der Waals surface area contributed by atoms with Crippen molar-refractivity contribution in [3.8, 4) is 5.75 Å². The van der Waals surface area contributed by atoms with Crippen LogP contribution in [0.25, 0.3) is 6.08 Å². The SMILES string of the molecule is CCCN=C1S/C(=C/c2ccc(OCC(O)CO)c(Cl)c2)C(=O)N1c1ccccc1C. The number of hydrogen-bond donors (Lipinski definition) is 2. The number of hydrogen-bond acceptors (Lipinski definition) is 6. The quantitative estimate of drug-likeness (QED) is 0.575. The van der Waals surface area contributed by atoms with Crippen LogP contribution in [0.4, 0.5) is 5.69 Å². The third-order valence-electron chi connectivity index (χ3n) is 4.53. The molecule has 1 unspecified atom stereocenters. The van der Waals surface area contributed by atoms with E-state index in [0.717, 1.165) is 23.2 Å². The van der Waals surface area contributed by atoms with Gasteiger partial charge in [-0.05, 0) is 60.5 Å². The molecular formula is C23H25ClN2O4S. The molecule has 2 aromatic carbocycles. The summed E-state index contributed by atoms with van der Waals surface area (Å²) in [5.74, 6) is 0.269. The van der Waals surface area contributed by atoms with Gasteiger partial charge in [-0.25, -0.2) is 0 Å². The number of benzene rings is 2. The fourth-order valence-electron chi connectivity index (χ4n) is 2.93. The van der Waals surface area contributed by atoms with Gasteiger partial charge in [0.05, 0.1) is 22.2 Å². The number of nitrogens with zero attached hydrogens (tertiary/aromatic N) is 2. The Morgan fingerprint density at radius 3 is 2.74 bits per heavy atom. The molecule has 0 radical (unpaired) electrons. The van der Waals surface area contributed by atoms with Crippen molar-refractivity contribution in [2.75, 3.05) is 24.7 Å². The largest absolute Gasteiger partial charge is 0.489 e. The van der Waals surface area contributed by atoms with Crippen LogP contribution in [-0.4, -0.2) is 47.2 Å². The zero-order valence-electron chi connectivity index (χ0n) is 17.4. The van der Waals surface area contributed by atoms with Crippen molar-refractivity contribution >= 4 is 46.2 Å². The molecule has 31 heavy (non-hydrogen) atoms. The van der Waals surface area contributed by atoms with Crippen molar-refractivity contribution < 1.29 is 19.7 Å². The Labute approximate surface area is 191 Å². The van der Waals surface area contributed by atoms with Crippen LogP contribution in [0.3, 0.4) is 0 Å². The molecule has 1 amide bonds. The number of aliphatic imine (C=N–C) groups is 1. The van der Waals surface area contributed by atoms with E-state index in [4.69, 9.17) is 21.4 Å². The van der Waals surface area contributed by atoms with E-state index < -0.39 is 6.10 Å². The molecule has 3 rings (SSSR count). The molecule has 1 atom stereocenters. The van der Waals surface area contributed by atoms with E-state index in [-0.39, 0.29) is 19.1 Å². The Hall–Kier alpha value is -2.32.